The van der Waals surface area contributed by atoms with Crippen LogP contribution in [-0.2, 0) is 13.1 Å². The summed E-state index contributed by atoms with van der Waals surface area (Å²) in [6.45, 7) is 3.98. The Hall–Kier alpha value is -2.39. The van der Waals surface area contributed by atoms with E-state index in [1.807, 2.05) is 16.7 Å². The van der Waals surface area contributed by atoms with Gasteiger partial charge in [0.15, 0.2) is 5.82 Å². The lowest BCUT2D eigenvalue weighted by molar-refractivity contribution is 0.199. The maximum atomic E-state index is 9.91. The number of aromatic nitrogens is 3. The maximum Gasteiger partial charge on any atom is 0.152 e. The van der Waals surface area contributed by atoms with Crippen LogP contribution in [0.1, 0.15) is 30.0 Å². The highest BCUT2D eigenvalue weighted by molar-refractivity contribution is 5.58. The van der Waals surface area contributed by atoms with Gasteiger partial charge in [0, 0.05) is 24.3 Å². The monoisotopic (exact) mass is 269 g/mol. The highest BCUT2D eigenvalue weighted by Gasteiger charge is 2.21. The Labute approximate surface area is 116 Å². The number of hydrogen-bond acceptors (Lipinski definition) is 5. The van der Waals surface area contributed by atoms with E-state index in [1.54, 1.807) is 19.3 Å². The highest BCUT2D eigenvalue weighted by Crippen LogP contribution is 2.29. The molecule has 1 aliphatic heterocycles. The fraction of sp³-hybridized carbons (Fsp3) is 0.357. The summed E-state index contributed by atoms with van der Waals surface area (Å²) in [5.74, 6) is 0.898. The van der Waals surface area contributed by atoms with Crippen LogP contribution >= 0.6 is 0 Å². The molecule has 1 aromatic heterocycles. The Morgan fingerprint density at radius 2 is 2.25 bits per heavy atom. The van der Waals surface area contributed by atoms with Gasteiger partial charge in [-0.3, -0.25) is 0 Å². The average molecular weight is 269 g/mol. The Kier molecular flexibility index (Phi) is 3.12. The minimum absolute atomic E-state index is 0.572. The second kappa shape index (κ2) is 4.94. The van der Waals surface area contributed by atoms with E-state index in [9.17, 15) is 5.11 Å². The summed E-state index contributed by atoms with van der Waals surface area (Å²) < 4.78 is 2.02. The average Bonchev–Trinajstić information content (AvgIpc) is 2.93. The van der Waals surface area contributed by atoms with Crippen LogP contribution in [0.25, 0.3) is 0 Å². The Morgan fingerprint density at radius 1 is 1.40 bits per heavy atom. The van der Waals surface area contributed by atoms with E-state index >= 15 is 0 Å². The van der Waals surface area contributed by atoms with E-state index in [4.69, 9.17) is 5.26 Å². The minimum Gasteiger partial charge on any atom is -0.389 e. The molecule has 0 bridgehead atoms. The van der Waals surface area contributed by atoms with Gasteiger partial charge in [-0.1, -0.05) is 6.07 Å². The fourth-order valence-corrected chi connectivity index (χ4v) is 2.51. The zero-order chi connectivity index (χ0) is 14.1. The lowest BCUT2D eigenvalue weighted by atomic mass is 10.0. The third-order valence-corrected chi connectivity index (χ3v) is 3.59. The quantitative estimate of drug-likeness (QED) is 0.887. The fourth-order valence-electron chi connectivity index (χ4n) is 2.51. The lowest BCUT2D eigenvalue weighted by Gasteiger charge is -2.31. The molecule has 1 aromatic carbocycles. The van der Waals surface area contributed by atoms with Crippen molar-refractivity contribution in [2.75, 3.05) is 11.4 Å². The van der Waals surface area contributed by atoms with Crippen molar-refractivity contribution in [1.82, 2.24) is 14.8 Å². The van der Waals surface area contributed by atoms with Crippen LogP contribution in [0.4, 0.5) is 5.69 Å². The molecular formula is C14H15N5O. The molecule has 0 saturated carbocycles. The molecule has 0 amide bonds. The third kappa shape index (κ3) is 2.12. The SMILES string of the molecule is CC(O)c1ccc(C#N)cc1N1CCn2cnnc2C1. The smallest absolute Gasteiger partial charge is 0.152 e. The predicted molar refractivity (Wildman–Crippen MR) is 72.9 cm³/mol. The second-order valence-corrected chi connectivity index (χ2v) is 4.92. The standard InChI is InChI=1S/C14H15N5O/c1-10(20)12-3-2-11(7-15)6-13(12)18-4-5-19-9-16-17-14(19)8-18/h2-3,6,9-10,20H,4-5,8H2,1H3. The molecule has 0 aliphatic carbocycles. The first-order valence-corrected chi connectivity index (χ1v) is 6.53. The summed E-state index contributed by atoms with van der Waals surface area (Å²) in [4.78, 5) is 2.13. The van der Waals surface area contributed by atoms with Crippen molar-refractivity contribution >= 4 is 5.69 Å². The Balaban J connectivity index is 1.99. The zero-order valence-electron chi connectivity index (χ0n) is 11.2. The van der Waals surface area contributed by atoms with E-state index in [0.29, 0.717) is 12.1 Å². The Bertz CT molecular complexity index is 670. The normalized spacial score (nSPS) is 15.6. The molecule has 6 heteroatoms. The molecule has 0 radical (unpaired) electrons. The first kappa shape index (κ1) is 12.6. The molecule has 0 fully saturated rings. The van der Waals surface area contributed by atoms with Crippen LogP contribution in [0.15, 0.2) is 24.5 Å². The molecule has 102 valence electrons. The van der Waals surface area contributed by atoms with Crippen molar-refractivity contribution in [1.29, 1.82) is 5.26 Å². The van der Waals surface area contributed by atoms with Gasteiger partial charge in [0.2, 0.25) is 0 Å². The predicted octanol–water partition coefficient (Wildman–Crippen LogP) is 1.22. The van der Waals surface area contributed by atoms with E-state index in [-0.39, 0.29) is 0 Å². The van der Waals surface area contributed by atoms with Crippen molar-refractivity contribution in [3.63, 3.8) is 0 Å². The summed E-state index contributed by atoms with van der Waals surface area (Å²) in [5.41, 5.74) is 2.32. The first-order valence-electron chi connectivity index (χ1n) is 6.53. The van der Waals surface area contributed by atoms with Gasteiger partial charge < -0.3 is 14.6 Å². The van der Waals surface area contributed by atoms with E-state index in [1.165, 1.54) is 0 Å². The van der Waals surface area contributed by atoms with Crippen LogP contribution in [0.2, 0.25) is 0 Å². The molecule has 1 N–H and O–H groups in total. The van der Waals surface area contributed by atoms with E-state index in [2.05, 4.69) is 21.2 Å². The molecule has 1 unspecified atom stereocenters. The molecule has 2 heterocycles. The van der Waals surface area contributed by atoms with Crippen LogP contribution in [0.5, 0.6) is 0 Å². The molecule has 1 atom stereocenters. The van der Waals surface area contributed by atoms with Gasteiger partial charge in [-0.05, 0) is 19.1 Å². The number of aliphatic hydroxyl groups excluding tert-OH is 1. The molecule has 2 aromatic rings. The first-order chi connectivity index (χ1) is 9.69. The van der Waals surface area contributed by atoms with Gasteiger partial charge in [-0.2, -0.15) is 5.26 Å². The molecule has 0 saturated heterocycles. The summed E-state index contributed by atoms with van der Waals surface area (Å²) in [5, 5.41) is 27.0. The van der Waals surface area contributed by atoms with Crippen LogP contribution in [0.3, 0.4) is 0 Å². The zero-order valence-corrected chi connectivity index (χ0v) is 11.2. The number of fused-ring (bicyclic) bond motifs is 1. The Morgan fingerprint density at radius 3 is 3.00 bits per heavy atom. The van der Waals surface area contributed by atoms with Crippen LogP contribution in [-0.4, -0.2) is 26.4 Å². The molecule has 0 spiro atoms. The maximum absolute atomic E-state index is 9.91. The third-order valence-electron chi connectivity index (χ3n) is 3.59. The van der Waals surface area contributed by atoms with Crippen molar-refractivity contribution in [3.8, 4) is 6.07 Å². The minimum atomic E-state index is -0.572. The highest BCUT2D eigenvalue weighted by atomic mass is 16.3. The van der Waals surface area contributed by atoms with Crippen molar-refractivity contribution in [3.05, 3.63) is 41.5 Å². The molecule has 20 heavy (non-hydrogen) atoms. The largest absolute Gasteiger partial charge is 0.389 e. The summed E-state index contributed by atoms with van der Waals surface area (Å²) in [6.07, 6.45) is 1.16. The second-order valence-electron chi connectivity index (χ2n) is 4.92. The molecule has 3 rings (SSSR count). The number of benzene rings is 1. The van der Waals surface area contributed by atoms with Gasteiger partial charge in [0.25, 0.3) is 0 Å². The lowest BCUT2D eigenvalue weighted by Crippen LogP contribution is -2.34. The summed E-state index contributed by atoms with van der Waals surface area (Å²) >= 11 is 0. The van der Waals surface area contributed by atoms with Crippen LogP contribution in [0, 0.1) is 11.3 Å². The van der Waals surface area contributed by atoms with Gasteiger partial charge in [0.1, 0.15) is 6.33 Å². The van der Waals surface area contributed by atoms with E-state index < -0.39 is 6.10 Å². The van der Waals surface area contributed by atoms with Crippen molar-refractivity contribution in [2.45, 2.75) is 26.1 Å². The molecular weight excluding hydrogens is 254 g/mol. The number of rotatable bonds is 2. The van der Waals surface area contributed by atoms with Crippen molar-refractivity contribution in [2.24, 2.45) is 0 Å². The van der Waals surface area contributed by atoms with Gasteiger partial charge in [-0.15, -0.1) is 10.2 Å². The topological polar surface area (TPSA) is 78.0 Å². The van der Waals surface area contributed by atoms with Gasteiger partial charge in [-0.25, -0.2) is 0 Å². The van der Waals surface area contributed by atoms with Gasteiger partial charge in [0.05, 0.1) is 24.3 Å². The summed E-state index contributed by atoms with van der Waals surface area (Å²) in [7, 11) is 0. The summed E-state index contributed by atoms with van der Waals surface area (Å²) in [6, 6.07) is 7.52. The number of anilines is 1. The molecule has 6 nitrogen and oxygen atoms in total. The number of nitriles is 1. The van der Waals surface area contributed by atoms with E-state index in [0.717, 1.165) is 30.2 Å². The number of aliphatic hydroxyl groups is 1. The van der Waals surface area contributed by atoms with Crippen molar-refractivity contribution < 1.29 is 5.11 Å². The van der Waals surface area contributed by atoms with Crippen LogP contribution < -0.4 is 4.90 Å². The van der Waals surface area contributed by atoms with Gasteiger partial charge >= 0.3 is 0 Å². The number of nitrogens with zero attached hydrogens (tertiary/aromatic N) is 5. The molecule has 1 aliphatic rings. The number of hydrogen-bond donors (Lipinski definition) is 1.